The van der Waals surface area contributed by atoms with Gasteiger partial charge in [-0.1, -0.05) is 181 Å². The van der Waals surface area contributed by atoms with Crippen molar-refractivity contribution in [3.8, 4) is 0 Å². The van der Waals surface area contributed by atoms with E-state index in [-0.39, 0.29) is 25.4 Å². The zero-order chi connectivity index (χ0) is 33.6. The topological polar surface area (TPSA) is 26.3 Å². The third-order valence-electron chi connectivity index (χ3n) is 9.46. The van der Waals surface area contributed by atoms with E-state index in [9.17, 15) is 4.79 Å². The molecular weight excluding hydrogens is 672 g/mol. The van der Waals surface area contributed by atoms with Crippen LogP contribution in [0.15, 0.2) is 152 Å². The van der Waals surface area contributed by atoms with Gasteiger partial charge in [0, 0.05) is 0 Å². The summed E-state index contributed by atoms with van der Waals surface area (Å²) in [5.74, 6) is -0.238. The van der Waals surface area contributed by atoms with Gasteiger partial charge in [0.15, 0.2) is 0 Å². The van der Waals surface area contributed by atoms with Crippen molar-refractivity contribution in [2.24, 2.45) is 0 Å². The summed E-state index contributed by atoms with van der Waals surface area (Å²) in [7, 11) is 0. The van der Waals surface area contributed by atoms with Crippen molar-refractivity contribution in [2.45, 2.75) is 48.0 Å². The van der Waals surface area contributed by atoms with Crippen LogP contribution in [0, 0.1) is 34.6 Å². The zero-order valence-electron chi connectivity index (χ0n) is 29.1. The molecule has 48 heavy (non-hydrogen) atoms. The average molecular weight is 720 g/mol. The minimum absolute atomic E-state index is 0. The van der Waals surface area contributed by atoms with E-state index < -0.39 is 6.15 Å². The standard InChI is InChI=1S/C24H20B.C10H12O2.C10H15.Ru/c1-5-13-21(14-6-1)25(22-15-7-2-8-16-22,23-17-9-3-10-18-23)24-19-11-4-12-20-24;1-2-8-12-10(11)9-6-4-3-5-7-9;1-6-7(2)9(4)10(5)8(6)3;/h1-20H;3-7H,2,8H2,1H3;1-5H3;/q-1;;-1;+1. The molecule has 0 unspecified atom stereocenters. The molecule has 4 heteroatoms. The van der Waals surface area contributed by atoms with Crippen molar-refractivity contribution in [1.29, 1.82) is 0 Å². The average Bonchev–Trinajstić information content (AvgIpc) is 3.31. The molecule has 247 valence electrons. The summed E-state index contributed by atoms with van der Waals surface area (Å²) < 4.78 is 4.94. The Balaban J connectivity index is 0.000000227. The molecule has 0 heterocycles. The number of ether oxygens (including phenoxy) is 1. The molecule has 6 rings (SSSR count). The van der Waals surface area contributed by atoms with Crippen molar-refractivity contribution in [3.05, 3.63) is 185 Å². The number of benzene rings is 5. The predicted molar refractivity (Wildman–Crippen MR) is 203 cm³/mol. The van der Waals surface area contributed by atoms with Crippen LogP contribution < -0.4 is 21.9 Å². The molecule has 1 radical (unpaired) electrons. The van der Waals surface area contributed by atoms with Crippen molar-refractivity contribution in [2.75, 3.05) is 6.61 Å². The summed E-state index contributed by atoms with van der Waals surface area (Å²) in [6.45, 7) is 13.5. The third kappa shape index (κ3) is 8.94. The summed E-state index contributed by atoms with van der Waals surface area (Å²) in [6, 6.07) is 52.5. The SMILES string of the molecule is CCCOC(=O)c1ccccc1.Cc1c(C)c(C)[c-](C)c1C.[Ru+].c1ccc([B-](c2ccccc2)(c2ccccc2)c2ccccc2)cc1. The molecule has 0 N–H and O–H groups in total. The van der Waals surface area contributed by atoms with Crippen molar-refractivity contribution in [3.63, 3.8) is 0 Å². The quantitative estimate of drug-likeness (QED) is 0.0944. The molecule has 0 fully saturated rings. The van der Waals surface area contributed by atoms with Crippen LogP contribution in [0.1, 0.15) is 51.5 Å². The summed E-state index contributed by atoms with van der Waals surface area (Å²) in [5, 5.41) is 0. The summed E-state index contributed by atoms with van der Waals surface area (Å²) in [6.07, 6.45) is -0.356. The zero-order valence-corrected chi connectivity index (χ0v) is 30.8. The number of hydrogen-bond donors (Lipinski definition) is 0. The second-order valence-corrected chi connectivity index (χ2v) is 12.1. The Morgan fingerprint density at radius 2 is 0.833 bits per heavy atom. The van der Waals surface area contributed by atoms with Gasteiger partial charge in [-0.15, -0.1) is 0 Å². The first kappa shape index (κ1) is 38.1. The second-order valence-electron chi connectivity index (χ2n) is 12.1. The first-order valence-corrected chi connectivity index (χ1v) is 16.6. The van der Waals surface area contributed by atoms with Gasteiger partial charge in [-0.2, -0.15) is 49.7 Å². The smallest absolute Gasteiger partial charge is 0.462 e. The van der Waals surface area contributed by atoms with Gasteiger partial charge in [-0.05, 0) is 18.6 Å². The Bertz CT molecular complexity index is 1560. The maximum atomic E-state index is 11.2. The Labute approximate surface area is 301 Å². The molecular formula is C44H47BO2Ru-. The van der Waals surface area contributed by atoms with E-state index in [1.807, 2.05) is 25.1 Å². The minimum Gasteiger partial charge on any atom is -0.462 e. The van der Waals surface area contributed by atoms with E-state index in [0.29, 0.717) is 12.2 Å². The predicted octanol–water partition coefficient (Wildman–Crippen LogP) is 8.26. The van der Waals surface area contributed by atoms with Crippen LogP contribution in [-0.2, 0) is 24.2 Å². The molecule has 2 nitrogen and oxygen atoms in total. The summed E-state index contributed by atoms with van der Waals surface area (Å²) in [5.41, 5.74) is 13.3. The van der Waals surface area contributed by atoms with Crippen LogP contribution in [0.4, 0.5) is 0 Å². The molecule has 0 aliphatic heterocycles. The van der Waals surface area contributed by atoms with E-state index >= 15 is 0 Å². The Morgan fingerprint density at radius 3 is 1.08 bits per heavy atom. The molecule has 0 aromatic heterocycles. The number of carbonyl (C=O) groups excluding carboxylic acids is 1. The maximum Gasteiger partial charge on any atom is 1.00 e. The van der Waals surface area contributed by atoms with Gasteiger partial charge in [0.2, 0.25) is 0 Å². The number of esters is 1. The molecule has 0 spiro atoms. The number of rotatable bonds is 7. The minimum atomic E-state index is -1.22. The van der Waals surface area contributed by atoms with Crippen molar-refractivity contribution in [1.82, 2.24) is 0 Å². The van der Waals surface area contributed by atoms with Gasteiger partial charge < -0.3 is 4.74 Å². The van der Waals surface area contributed by atoms with Gasteiger partial charge in [-0.25, -0.2) is 4.79 Å². The van der Waals surface area contributed by atoms with Gasteiger partial charge in [0.1, 0.15) is 6.15 Å². The van der Waals surface area contributed by atoms with Gasteiger partial charge in [0.05, 0.1) is 12.2 Å². The Kier molecular flexibility index (Phi) is 14.9. The monoisotopic (exact) mass is 720 g/mol. The first-order chi connectivity index (χ1) is 22.8. The van der Waals surface area contributed by atoms with Crippen LogP contribution in [0.25, 0.3) is 0 Å². The molecule has 0 saturated carbocycles. The molecule has 0 saturated heterocycles. The molecule has 0 amide bonds. The first-order valence-electron chi connectivity index (χ1n) is 16.6. The number of carbonyl (C=O) groups is 1. The molecule has 0 bridgehead atoms. The van der Waals surface area contributed by atoms with Crippen LogP contribution in [0.3, 0.4) is 0 Å². The molecule has 0 atom stereocenters. The molecule has 0 aliphatic rings. The van der Waals surface area contributed by atoms with Gasteiger partial charge >= 0.3 is 25.4 Å². The van der Waals surface area contributed by atoms with E-state index in [4.69, 9.17) is 4.74 Å². The fourth-order valence-corrected chi connectivity index (χ4v) is 6.38. The van der Waals surface area contributed by atoms with E-state index in [0.717, 1.165) is 6.42 Å². The fourth-order valence-electron chi connectivity index (χ4n) is 6.38. The molecule has 6 aromatic rings. The number of hydrogen-bond acceptors (Lipinski definition) is 2. The summed E-state index contributed by atoms with van der Waals surface area (Å²) in [4.78, 5) is 11.2. The van der Waals surface area contributed by atoms with Crippen molar-refractivity contribution >= 4 is 34.0 Å². The largest absolute Gasteiger partial charge is 1.00 e. The van der Waals surface area contributed by atoms with Crippen LogP contribution in [0.5, 0.6) is 0 Å². The van der Waals surface area contributed by atoms with Gasteiger partial charge in [-0.3, -0.25) is 0 Å². The second kappa shape index (κ2) is 18.8. The van der Waals surface area contributed by atoms with Gasteiger partial charge in [0.25, 0.3) is 0 Å². The normalized spacial score (nSPS) is 10.4. The molecule has 6 aromatic carbocycles. The maximum absolute atomic E-state index is 11.2. The van der Waals surface area contributed by atoms with E-state index in [1.165, 1.54) is 49.7 Å². The fraction of sp³-hybridized carbons (Fsp3) is 0.182. The van der Waals surface area contributed by atoms with Crippen LogP contribution >= 0.6 is 0 Å². The summed E-state index contributed by atoms with van der Waals surface area (Å²) >= 11 is 0. The van der Waals surface area contributed by atoms with Crippen molar-refractivity contribution < 1.29 is 29.0 Å². The van der Waals surface area contributed by atoms with Crippen LogP contribution in [-0.4, -0.2) is 18.7 Å². The van der Waals surface area contributed by atoms with E-state index in [2.05, 4.69) is 156 Å². The third-order valence-corrected chi connectivity index (χ3v) is 9.46. The van der Waals surface area contributed by atoms with Crippen LogP contribution in [0.2, 0.25) is 0 Å². The molecule has 0 aliphatic carbocycles. The van der Waals surface area contributed by atoms with E-state index in [1.54, 1.807) is 12.1 Å². The Hall–Kier alpha value is -4.39. The Morgan fingerprint density at radius 1 is 0.542 bits per heavy atom.